The molecule has 174 valence electrons. The molecular weight excluding hydrogens is 453 g/mol. The molecule has 2 aromatic rings. The van der Waals surface area contributed by atoms with Gasteiger partial charge in [-0.05, 0) is 17.5 Å². The monoisotopic (exact) mass is 474 g/mol. The Bertz CT molecular complexity index is 1010. The lowest BCUT2D eigenvalue weighted by Crippen LogP contribution is -2.72. The number of carbonyl (C=O) groups is 2. The van der Waals surface area contributed by atoms with Crippen LogP contribution in [0, 0.1) is 5.92 Å². The molecule has 3 rings (SSSR count). The fraction of sp³-hybridized carbons (Fsp3) is 0.400. The Balaban J connectivity index is 2.30. The maximum absolute atomic E-state index is 14.2. The number of nitrogens with one attached hydrogen (secondary N) is 1. The van der Waals surface area contributed by atoms with E-state index < -0.39 is 35.7 Å². The van der Waals surface area contributed by atoms with Crippen LogP contribution in [0.1, 0.15) is 21.3 Å². The first-order valence-electron chi connectivity index (χ1n) is 9.22. The van der Waals surface area contributed by atoms with Crippen LogP contribution in [0.15, 0.2) is 29.6 Å². The van der Waals surface area contributed by atoms with Gasteiger partial charge in [-0.15, -0.1) is 11.3 Å². The number of benzene rings is 1. The van der Waals surface area contributed by atoms with Crippen molar-refractivity contribution < 1.29 is 42.1 Å². The zero-order valence-corrected chi connectivity index (χ0v) is 18.3. The molecule has 2 heterocycles. The van der Waals surface area contributed by atoms with Crippen molar-refractivity contribution in [1.82, 2.24) is 10.2 Å². The summed E-state index contributed by atoms with van der Waals surface area (Å²) in [7, 11) is 4.73. The third kappa shape index (κ3) is 3.62. The zero-order valence-electron chi connectivity index (χ0n) is 17.5. The molecule has 2 N–H and O–H groups in total. The van der Waals surface area contributed by atoms with Crippen LogP contribution in [-0.2, 0) is 0 Å². The molecule has 1 aliphatic heterocycles. The van der Waals surface area contributed by atoms with Crippen LogP contribution >= 0.6 is 11.3 Å². The molecule has 12 heteroatoms. The number of alkyl halides is 3. The van der Waals surface area contributed by atoms with E-state index in [0.717, 1.165) is 18.4 Å². The van der Waals surface area contributed by atoms with Crippen molar-refractivity contribution in [2.45, 2.75) is 17.9 Å². The minimum Gasteiger partial charge on any atom is -0.496 e. The summed E-state index contributed by atoms with van der Waals surface area (Å²) in [6.45, 7) is 0. The van der Waals surface area contributed by atoms with E-state index in [-0.39, 0.29) is 32.6 Å². The van der Waals surface area contributed by atoms with E-state index in [1.165, 1.54) is 51.0 Å². The number of rotatable bonds is 6. The summed E-state index contributed by atoms with van der Waals surface area (Å²) in [6, 6.07) is 2.69. The maximum atomic E-state index is 14.2. The first-order valence-corrected chi connectivity index (χ1v) is 10.1. The van der Waals surface area contributed by atoms with Gasteiger partial charge in [0.1, 0.15) is 11.7 Å². The summed E-state index contributed by atoms with van der Waals surface area (Å²) in [5.74, 6) is -2.76. The summed E-state index contributed by atoms with van der Waals surface area (Å²) >= 11 is 0.924. The van der Waals surface area contributed by atoms with E-state index in [1.807, 2.05) is 0 Å². The van der Waals surface area contributed by atoms with Gasteiger partial charge in [0, 0.05) is 18.7 Å². The molecule has 0 spiro atoms. The molecule has 1 fully saturated rings. The summed E-state index contributed by atoms with van der Waals surface area (Å²) in [5, 5.41) is 14.9. The number of hydrogen-bond donors (Lipinski definition) is 2. The second kappa shape index (κ2) is 8.51. The SMILES string of the molecule is COc1cc(OC)c(C2NC(=O)N(C)C(O)(C(F)(F)F)C2C(=O)c2cccs2)cc1OC. The second-order valence-electron chi connectivity index (χ2n) is 6.98. The number of aliphatic hydroxyl groups is 1. The minimum absolute atomic E-state index is 0.00387. The lowest BCUT2D eigenvalue weighted by atomic mass is 9.77. The number of urea groups is 1. The first-order chi connectivity index (χ1) is 15.0. The van der Waals surface area contributed by atoms with Crippen molar-refractivity contribution in [3.05, 3.63) is 40.1 Å². The van der Waals surface area contributed by atoms with Crippen LogP contribution in [0.5, 0.6) is 17.2 Å². The normalized spacial score (nSPS) is 23.5. The van der Waals surface area contributed by atoms with Crippen molar-refractivity contribution in [3.63, 3.8) is 0 Å². The highest BCUT2D eigenvalue weighted by Gasteiger charge is 2.69. The fourth-order valence-corrected chi connectivity index (χ4v) is 4.44. The summed E-state index contributed by atoms with van der Waals surface area (Å²) in [4.78, 5) is 25.9. The molecule has 0 bridgehead atoms. The largest absolute Gasteiger partial charge is 0.496 e. The van der Waals surface area contributed by atoms with Crippen LogP contribution in [0.25, 0.3) is 0 Å². The van der Waals surface area contributed by atoms with Crippen LogP contribution in [0.2, 0.25) is 0 Å². The van der Waals surface area contributed by atoms with Gasteiger partial charge in [-0.3, -0.25) is 9.69 Å². The minimum atomic E-state index is -5.35. The average Bonchev–Trinajstić information content (AvgIpc) is 3.30. The fourth-order valence-electron chi connectivity index (χ4n) is 3.73. The third-order valence-corrected chi connectivity index (χ3v) is 6.28. The predicted octanol–water partition coefficient (Wildman–Crippen LogP) is 3.22. The Kier molecular flexibility index (Phi) is 6.29. The molecule has 1 saturated heterocycles. The average molecular weight is 474 g/mol. The molecule has 2 amide bonds. The van der Waals surface area contributed by atoms with Gasteiger partial charge in [-0.2, -0.15) is 13.2 Å². The summed E-state index contributed by atoms with van der Waals surface area (Å²) in [6.07, 6.45) is -5.35. The number of thiophene rings is 1. The first kappa shape index (κ1) is 23.7. The Morgan fingerprint density at radius 1 is 1.16 bits per heavy atom. The topological polar surface area (TPSA) is 97.3 Å². The molecule has 0 aliphatic carbocycles. The van der Waals surface area contributed by atoms with Crippen LogP contribution < -0.4 is 19.5 Å². The number of hydrogen-bond acceptors (Lipinski definition) is 7. The molecular formula is C20H21F3N2O6S. The summed E-state index contributed by atoms with van der Waals surface area (Å²) in [5.41, 5.74) is -3.79. The second-order valence-corrected chi connectivity index (χ2v) is 7.93. The molecule has 3 atom stereocenters. The Morgan fingerprint density at radius 2 is 1.75 bits per heavy atom. The Morgan fingerprint density at radius 3 is 2.25 bits per heavy atom. The van der Waals surface area contributed by atoms with Gasteiger partial charge in [-0.1, -0.05) is 6.07 Å². The van der Waals surface area contributed by atoms with Gasteiger partial charge in [0.05, 0.1) is 32.2 Å². The van der Waals surface area contributed by atoms with E-state index >= 15 is 0 Å². The van der Waals surface area contributed by atoms with Crippen molar-refractivity contribution in [2.75, 3.05) is 28.4 Å². The van der Waals surface area contributed by atoms with E-state index in [9.17, 15) is 27.9 Å². The van der Waals surface area contributed by atoms with Crippen molar-refractivity contribution >= 4 is 23.2 Å². The van der Waals surface area contributed by atoms with E-state index in [0.29, 0.717) is 0 Å². The van der Waals surface area contributed by atoms with Gasteiger partial charge in [0.15, 0.2) is 17.3 Å². The van der Waals surface area contributed by atoms with Crippen LogP contribution in [0.4, 0.5) is 18.0 Å². The standard InChI is InChI=1S/C20H21F3N2O6S/c1-25-18(27)24-16(10-8-12(30-3)13(31-4)9-11(10)29-2)15(19(25,28)20(21,22)23)17(26)14-6-5-7-32-14/h5-9,15-16,28H,1-4H3,(H,24,27). The van der Waals surface area contributed by atoms with Gasteiger partial charge in [-0.25, -0.2) is 4.79 Å². The van der Waals surface area contributed by atoms with Crippen molar-refractivity contribution in [1.29, 1.82) is 0 Å². The lowest BCUT2D eigenvalue weighted by molar-refractivity contribution is -0.322. The number of Topliss-reactive ketones (excluding diaryl/α,β-unsaturated/α-hetero) is 1. The molecule has 3 unspecified atom stereocenters. The number of ketones is 1. The van der Waals surface area contributed by atoms with Crippen molar-refractivity contribution in [2.24, 2.45) is 5.92 Å². The van der Waals surface area contributed by atoms with E-state index in [2.05, 4.69) is 5.32 Å². The lowest BCUT2D eigenvalue weighted by Gasteiger charge is -2.49. The number of nitrogens with zero attached hydrogens (tertiary/aromatic N) is 1. The van der Waals surface area contributed by atoms with Crippen LogP contribution in [-0.4, -0.2) is 62.1 Å². The number of methoxy groups -OCH3 is 3. The molecule has 0 saturated carbocycles. The number of halogens is 3. The van der Waals surface area contributed by atoms with Gasteiger partial charge in [0.2, 0.25) is 0 Å². The smallest absolute Gasteiger partial charge is 0.437 e. The molecule has 1 aliphatic rings. The quantitative estimate of drug-likeness (QED) is 0.624. The van der Waals surface area contributed by atoms with Gasteiger partial charge in [0.25, 0.3) is 5.72 Å². The maximum Gasteiger partial charge on any atom is 0.437 e. The summed E-state index contributed by atoms with van der Waals surface area (Å²) < 4.78 is 58.4. The predicted molar refractivity (Wildman–Crippen MR) is 108 cm³/mol. The number of ether oxygens (including phenoxy) is 3. The highest BCUT2D eigenvalue weighted by Crippen LogP contribution is 2.50. The van der Waals surface area contributed by atoms with Gasteiger partial charge >= 0.3 is 12.2 Å². The third-order valence-electron chi connectivity index (χ3n) is 5.40. The van der Waals surface area contributed by atoms with E-state index in [4.69, 9.17) is 14.2 Å². The molecule has 32 heavy (non-hydrogen) atoms. The molecule has 1 aromatic heterocycles. The zero-order chi connectivity index (χ0) is 23.8. The molecule has 1 aromatic carbocycles. The molecule has 0 radical (unpaired) electrons. The van der Waals surface area contributed by atoms with Crippen LogP contribution in [0.3, 0.4) is 0 Å². The Hall–Kier alpha value is -2.99. The Labute approximate surface area is 185 Å². The van der Waals surface area contributed by atoms with E-state index in [1.54, 1.807) is 0 Å². The van der Waals surface area contributed by atoms with Crippen molar-refractivity contribution in [3.8, 4) is 17.2 Å². The highest BCUT2D eigenvalue weighted by molar-refractivity contribution is 7.12. The number of carbonyl (C=O) groups excluding carboxylic acids is 2. The number of amides is 2. The molecule has 8 nitrogen and oxygen atoms in total. The highest BCUT2D eigenvalue weighted by atomic mass is 32.1. The van der Waals surface area contributed by atoms with Gasteiger partial charge < -0.3 is 24.6 Å².